The van der Waals surface area contributed by atoms with Crippen molar-refractivity contribution in [2.24, 2.45) is 0 Å². The number of rotatable bonds is 9. The topological polar surface area (TPSA) is 59.1 Å². The van der Waals surface area contributed by atoms with Gasteiger partial charge in [-0.3, -0.25) is 0 Å². The maximum absolute atomic E-state index is 13.5. The number of aryl methyl sites for hydroxylation is 1. The average molecular weight is 445 g/mol. The molecule has 0 bridgehead atoms. The number of halogens is 3. The minimum atomic E-state index is -4.59. The van der Waals surface area contributed by atoms with Gasteiger partial charge in [0.2, 0.25) is 5.95 Å². The predicted molar refractivity (Wildman–Crippen MR) is 121 cm³/mol. The van der Waals surface area contributed by atoms with Crippen molar-refractivity contribution in [3.8, 4) is 5.75 Å². The molecular formula is C24H27F3N4O. The Labute approximate surface area is 186 Å². The molecule has 3 aromatic rings. The van der Waals surface area contributed by atoms with E-state index < -0.39 is 11.7 Å². The maximum Gasteiger partial charge on any atom is 0.421 e. The third-order valence-corrected chi connectivity index (χ3v) is 4.87. The number of ether oxygens (including phenoxy) is 1. The molecule has 0 amide bonds. The number of anilines is 4. The van der Waals surface area contributed by atoms with E-state index in [-0.39, 0.29) is 17.9 Å². The largest absolute Gasteiger partial charge is 0.491 e. The quantitative estimate of drug-likeness (QED) is 0.368. The van der Waals surface area contributed by atoms with Gasteiger partial charge in [0.1, 0.15) is 17.1 Å². The Morgan fingerprint density at radius 3 is 2.16 bits per heavy atom. The summed E-state index contributed by atoms with van der Waals surface area (Å²) in [6, 6.07) is 14.4. The zero-order valence-corrected chi connectivity index (χ0v) is 18.3. The SMILES string of the molecule is CCCc1ccc(Nc2nc(Nc3ccc(OC(C)CC)cc3)ncc2C(F)(F)F)cc1. The van der Waals surface area contributed by atoms with Crippen molar-refractivity contribution >= 4 is 23.1 Å². The molecule has 8 heteroatoms. The first-order valence-electron chi connectivity index (χ1n) is 10.6. The summed E-state index contributed by atoms with van der Waals surface area (Å²) in [7, 11) is 0. The van der Waals surface area contributed by atoms with Gasteiger partial charge in [0, 0.05) is 17.6 Å². The number of benzene rings is 2. The minimum Gasteiger partial charge on any atom is -0.491 e. The Morgan fingerprint density at radius 2 is 1.56 bits per heavy atom. The van der Waals surface area contributed by atoms with E-state index in [4.69, 9.17) is 4.74 Å². The summed E-state index contributed by atoms with van der Waals surface area (Å²) < 4.78 is 46.2. The lowest BCUT2D eigenvalue weighted by molar-refractivity contribution is -0.137. The van der Waals surface area contributed by atoms with Gasteiger partial charge in [-0.2, -0.15) is 18.2 Å². The van der Waals surface area contributed by atoms with Gasteiger partial charge in [-0.15, -0.1) is 0 Å². The van der Waals surface area contributed by atoms with Gasteiger partial charge in [-0.05, 0) is 61.7 Å². The second-order valence-electron chi connectivity index (χ2n) is 7.51. The molecule has 0 spiro atoms. The van der Waals surface area contributed by atoms with Crippen molar-refractivity contribution in [2.75, 3.05) is 10.6 Å². The molecule has 1 atom stereocenters. The van der Waals surface area contributed by atoms with Gasteiger partial charge in [0.05, 0.1) is 6.10 Å². The van der Waals surface area contributed by atoms with Gasteiger partial charge >= 0.3 is 6.18 Å². The van der Waals surface area contributed by atoms with Crippen LogP contribution in [0.4, 0.5) is 36.3 Å². The second kappa shape index (κ2) is 10.3. The summed E-state index contributed by atoms with van der Waals surface area (Å²) in [5, 5.41) is 5.72. The van der Waals surface area contributed by atoms with E-state index in [1.54, 1.807) is 36.4 Å². The highest BCUT2D eigenvalue weighted by Gasteiger charge is 2.35. The Hall–Kier alpha value is -3.29. The molecule has 0 saturated carbocycles. The summed E-state index contributed by atoms with van der Waals surface area (Å²) in [6.45, 7) is 6.09. The molecule has 0 saturated heterocycles. The zero-order valence-electron chi connectivity index (χ0n) is 18.3. The van der Waals surface area contributed by atoms with Crippen molar-refractivity contribution in [3.63, 3.8) is 0 Å². The molecular weight excluding hydrogens is 417 g/mol. The highest BCUT2D eigenvalue weighted by atomic mass is 19.4. The van der Waals surface area contributed by atoms with Gasteiger partial charge in [-0.1, -0.05) is 32.4 Å². The third kappa shape index (κ3) is 6.35. The fraction of sp³-hybridized carbons (Fsp3) is 0.333. The van der Waals surface area contributed by atoms with Crippen LogP contribution in [0.1, 0.15) is 44.7 Å². The Kier molecular flexibility index (Phi) is 7.56. The van der Waals surface area contributed by atoms with Crippen LogP contribution in [-0.2, 0) is 12.6 Å². The molecule has 3 rings (SSSR count). The highest BCUT2D eigenvalue weighted by Crippen LogP contribution is 2.35. The number of aromatic nitrogens is 2. The van der Waals surface area contributed by atoms with Gasteiger partial charge < -0.3 is 15.4 Å². The lowest BCUT2D eigenvalue weighted by atomic mass is 10.1. The van der Waals surface area contributed by atoms with Gasteiger partial charge in [0.25, 0.3) is 0 Å². The van der Waals surface area contributed by atoms with E-state index in [1.807, 2.05) is 26.0 Å². The van der Waals surface area contributed by atoms with Crippen molar-refractivity contribution in [1.29, 1.82) is 0 Å². The van der Waals surface area contributed by atoms with Crippen LogP contribution in [0.3, 0.4) is 0 Å². The summed E-state index contributed by atoms with van der Waals surface area (Å²) in [6.07, 6.45) is -0.914. The van der Waals surface area contributed by atoms with E-state index in [0.29, 0.717) is 17.1 Å². The fourth-order valence-electron chi connectivity index (χ4n) is 2.99. The molecule has 2 N–H and O–H groups in total. The smallest absolute Gasteiger partial charge is 0.421 e. The van der Waals surface area contributed by atoms with Crippen LogP contribution in [0.5, 0.6) is 5.75 Å². The Morgan fingerprint density at radius 1 is 0.938 bits per heavy atom. The predicted octanol–water partition coefficient (Wildman–Crippen LogP) is 7.11. The van der Waals surface area contributed by atoms with Crippen LogP contribution >= 0.6 is 0 Å². The summed E-state index contributed by atoms with van der Waals surface area (Å²) in [4.78, 5) is 7.94. The number of nitrogens with one attached hydrogen (secondary N) is 2. The van der Waals surface area contributed by atoms with E-state index in [9.17, 15) is 13.2 Å². The van der Waals surface area contributed by atoms with E-state index in [1.165, 1.54) is 0 Å². The second-order valence-corrected chi connectivity index (χ2v) is 7.51. The minimum absolute atomic E-state index is 0.0543. The van der Waals surface area contributed by atoms with E-state index in [0.717, 1.165) is 31.0 Å². The number of alkyl halides is 3. The molecule has 32 heavy (non-hydrogen) atoms. The molecule has 0 aliphatic heterocycles. The van der Waals surface area contributed by atoms with Crippen LogP contribution < -0.4 is 15.4 Å². The van der Waals surface area contributed by atoms with Crippen molar-refractivity contribution in [3.05, 3.63) is 65.9 Å². The first-order valence-corrected chi connectivity index (χ1v) is 10.6. The van der Waals surface area contributed by atoms with E-state index >= 15 is 0 Å². The van der Waals surface area contributed by atoms with Crippen LogP contribution in [0.25, 0.3) is 0 Å². The Bertz CT molecular complexity index is 1010. The molecule has 1 aromatic heterocycles. The highest BCUT2D eigenvalue weighted by molar-refractivity contribution is 5.63. The van der Waals surface area contributed by atoms with Gasteiger partial charge in [-0.25, -0.2) is 4.98 Å². The van der Waals surface area contributed by atoms with Crippen LogP contribution in [0.2, 0.25) is 0 Å². The molecule has 1 heterocycles. The molecule has 0 radical (unpaired) electrons. The van der Waals surface area contributed by atoms with Crippen molar-refractivity contribution in [2.45, 2.75) is 52.3 Å². The first-order chi connectivity index (χ1) is 15.3. The summed E-state index contributed by atoms with van der Waals surface area (Å²) in [5.41, 5.74) is 1.35. The van der Waals surface area contributed by atoms with E-state index in [2.05, 4.69) is 27.5 Å². The molecule has 0 fully saturated rings. The van der Waals surface area contributed by atoms with Crippen molar-refractivity contribution < 1.29 is 17.9 Å². The third-order valence-electron chi connectivity index (χ3n) is 4.87. The zero-order chi connectivity index (χ0) is 23.1. The van der Waals surface area contributed by atoms with Crippen LogP contribution in [-0.4, -0.2) is 16.1 Å². The molecule has 2 aromatic carbocycles. The standard InChI is InChI=1S/C24H27F3N4O/c1-4-6-17-7-9-18(10-8-17)29-22-21(24(25,26)27)15-28-23(31-22)30-19-11-13-20(14-12-19)32-16(3)5-2/h7-16H,4-6H2,1-3H3,(H2,28,29,30,31). The maximum atomic E-state index is 13.5. The average Bonchev–Trinajstić information content (AvgIpc) is 2.76. The molecule has 5 nitrogen and oxygen atoms in total. The normalized spacial score (nSPS) is 12.3. The van der Waals surface area contributed by atoms with Gasteiger partial charge in [0.15, 0.2) is 0 Å². The number of hydrogen-bond donors (Lipinski definition) is 2. The molecule has 0 aliphatic rings. The van der Waals surface area contributed by atoms with Crippen molar-refractivity contribution in [1.82, 2.24) is 9.97 Å². The molecule has 0 aliphatic carbocycles. The van der Waals surface area contributed by atoms with Crippen LogP contribution in [0.15, 0.2) is 54.7 Å². The lowest BCUT2D eigenvalue weighted by Crippen LogP contribution is -2.12. The number of nitrogens with zero attached hydrogens (tertiary/aromatic N) is 2. The van der Waals surface area contributed by atoms with Crippen LogP contribution in [0, 0.1) is 0 Å². The lowest BCUT2D eigenvalue weighted by Gasteiger charge is -2.15. The number of hydrogen-bond acceptors (Lipinski definition) is 5. The first kappa shape index (κ1) is 23.4. The monoisotopic (exact) mass is 444 g/mol. The summed E-state index contributed by atoms with van der Waals surface area (Å²) in [5.74, 6) is 0.459. The summed E-state index contributed by atoms with van der Waals surface area (Å²) >= 11 is 0. The molecule has 170 valence electrons. The Balaban J connectivity index is 1.80. The fourth-order valence-corrected chi connectivity index (χ4v) is 2.99. The molecule has 1 unspecified atom stereocenters.